The molecule has 5 heteroatoms. The molecule has 0 saturated heterocycles. The van der Waals surface area contributed by atoms with Crippen molar-refractivity contribution in [1.82, 2.24) is 15.0 Å². The van der Waals surface area contributed by atoms with Crippen LogP contribution in [0.3, 0.4) is 0 Å². The first-order chi connectivity index (χ1) is 8.76. The van der Waals surface area contributed by atoms with Crippen molar-refractivity contribution in [2.45, 2.75) is 13.3 Å². The Kier molecular flexibility index (Phi) is 2.85. The van der Waals surface area contributed by atoms with Crippen molar-refractivity contribution in [3.8, 4) is 10.6 Å². The van der Waals surface area contributed by atoms with Crippen molar-refractivity contribution in [3.05, 3.63) is 35.1 Å². The number of thiazole rings is 1. The van der Waals surface area contributed by atoms with Crippen LogP contribution in [0.5, 0.6) is 0 Å². The zero-order valence-corrected chi connectivity index (χ0v) is 10.8. The van der Waals surface area contributed by atoms with Crippen molar-refractivity contribution in [1.29, 1.82) is 0 Å². The molecule has 0 aliphatic carbocycles. The molecule has 0 amide bonds. The summed E-state index contributed by atoms with van der Waals surface area (Å²) in [6, 6.07) is 6.10. The van der Waals surface area contributed by atoms with Gasteiger partial charge in [-0.15, -0.1) is 11.3 Å². The molecule has 0 saturated carbocycles. The van der Waals surface area contributed by atoms with Gasteiger partial charge in [0.25, 0.3) is 0 Å². The summed E-state index contributed by atoms with van der Waals surface area (Å²) in [6.07, 6.45) is 0.613. The van der Waals surface area contributed by atoms with Crippen LogP contribution in [0.1, 0.15) is 11.5 Å². The summed E-state index contributed by atoms with van der Waals surface area (Å²) in [6.45, 7) is 2.09. The average Bonchev–Trinajstić information content (AvgIpc) is 2.93. The lowest BCUT2D eigenvalue weighted by Gasteiger charge is -1.96. The van der Waals surface area contributed by atoms with Gasteiger partial charge in [-0.1, -0.05) is 0 Å². The Balaban J connectivity index is 2.01. The maximum atomic E-state index is 8.89. The highest BCUT2D eigenvalue weighted by atomic mass is 32.1. The number of benzene rings is 1. The first-order valence-corrected chi connectivity index (χ1v) is 6.66. The molecule has 18 heavy (non-hydrogen) atoms. The van der Waals surface area contributed by atoms with E-state index in [1.54, 1.807) is 11.3 Å². The summed E-state index contributed by atoms with van der Waals surface area (Å²) in [5.74, 6) is 0.919. The molecule has 2 aromatic heterocycles. The number of aromatic amines is 1. The molecule has 3 aromatic rings. The predicted molar refractivity (Wildman–Crippen MR) is 72.7 cm³/mol. The number of aryl methyl sites for hydroxylation is 1. The standard InChI is InChI=1S/C13H13N3OS/c1-8-14-11-3-2-9(6-12(11)15-8)13-16-10(4-5-17)7-18-13/h2-3,6-7,17H,4-5H2,1H3,(H,14,15). The SMILES string of the molecule is Cc1nc2ccc(-c3nc(CCO)cs3)cc2[nH]1. The van der Waals surface area contributed by atoms with Gasteiger partial charge in [-0.2, -0.15) is 0 Å². The van der Waals surface area contributed by atoms with E-state index in [2.05, 4.69) is 21.0 Å². The van der Waals surface area contributed by atoms with E-state index < -0.39 is 0 Å². The number of imidazole rings is 1. The molecule has 2 heterocycles. The van der Waals surface area contributed by atoms with Gasteiger partial charge in [0, 0.05) is 24.0 Å². The van der Waals surface area contributed by atoms with Crippen LogP contribution in [0, 0.1) is 6.92 Å². The Bertz CT molecular complexity index is 686. The summed E-state index contributed by atoms with van der Waals surface area (Å²) < 4.78 is 0. The van der Waals surface area contributed by atoms with E-state index in [9.17, 15) is 0 Å². The van der Waals surface area contributed by atoms with Gasteiger partial charge in [-0.3, -0.25) is 0 Å². The zero-order valence-electron chi connectivity index (χ0n) is 9.97. The fourth-order valence-electron chi connectivity index (χ4n) is 1.94. The lowest BCUT2D eigenvalue weighted by atomic mass is 10.2. The van der Waals surface area contributed by atoms with Crippen molar-refractivity contribution in [3.63, 3.8) is 0 Å². The summed E-state index contributed by atoms with van der Waals surface area (Å²) >= 11 is 1.60. The highest BCUT2D eigenvalue weighted by molar-refractivity contribution is 7.13. The van der Waals surface area contributed by atoms with E-state index in [0.717, 1.165) is 33.1 Å². The first kappa shape index (κ1) is 11.4. The second kappa shape index (κ2) is 4.51. The molecular weight excluding hydrogens is 246 g/mol. The normalized spacial score (nSPS) is 11.2. The van der Waals surface area contributed by atoms with Crippen LogP contribution in [0.4, 0.5) is 0 Å². The third-order valence-corrected chi connectivity index (χ3v) is 3.71. The molecule has 0 aliphatic rings. The largest absolute Gasteiger partial charge is 0.396 e. The molecular formula is C13H13N3OS. The molecule has 0 bridgehead atoms. The molecule has 4 nitrogen and oxygen atoms in total. The lowest BCUT2D eigenvalue weighted by molar-refractivity contribution is 0.298. The minimum Gasteiger partial charge on any atom is -0.396 e. The molecule has 0 radical (unpaired) electrons. The molecule has 0 aliphatic heterocycles. The highest BCUT2D eigenvalue weighted by Crippen LogP contribution is 2.26. The van der Waals surface area contributed by atoms with Crippen molar-refractivity contribution < 1.29 is 5.11 Å². The van der Waals surface area contributed by atoms with E-state index in [-0.39, 0.29) is 6.61 Å². The van der Waals surface area contributed by atoms with E-state index in [0.29, 0.717) is 6.42 Å². The molecule has 3 rings (SSSR count). The predicted octanol–water partition coefficient (Wildman–Crippen LogP) is 2.53. The van der Waals surface area contributed by atoms with Crippen molar-refractivity contribution in [2.24, 2.45) is 0 Å². The first-order valence-electron chi connectivity index (χ1n) is 5.78. The van der Waals surface area contributed by atoms with Crippen LogP contribution < -0.4 is 0 Å². The number of hydrogen-bond acceptors (Lipinski definition) is 4. The van der Waals surface area contributed by atoms with Crippen molar-refractivity contribution in [2.75, 3.05) is 6.61 Å². The molecule has 0 fully saturated rings. The van der Waals surface area contributed by atoms with Crippen LogP contribution in [0.25, 0.3) is 21.6 Å². The topological polar surface area (TPSA) is 61.8 Å². The smallest absolute Gasteiger partial charge is 0.123 e. The summed E-state index contributed by atoms with van der Waals surface area (Å²) in [5.41, 5.74) is 4.03. The zero-order chi connectivity index (χ0) is 12.5. The van der Waals surface area contributed by atoms with Gasteiger partial charge in [0.15, 0.2) is 0 Å². The molecule has 0 unspecified atom stereocenters. The van der Waals surface area contributed by atoms with Gasteiger partial charge in [0.2, 0.25) is 0 Å². The van der Waals surface area contributed by atoms with Gasteiger partial charge in [0.05, 0.1) is 16.7 Å². The van der Waals surface area contributed by atoms with Crippen LogP contribution in [0.2, 0.25) is 0 Å². The minimum atomic E-state index is 0.141. The number of aliphatic hydroxyl groups excluding tert-OH is 1. The monoisotopic (exact) mass is 259 g/mol. The van der Waals surface area contributed by atoms with Gasteiger partial charge in [0.1, 0.15) is 10.8 Å². The fraction of sp³-hybridized carbons (Fsp3) is 0.231. The number of nitrogens with zero attached hydrogens (tertiary/aromatic N) is 2. The third kappa shape index (κ3) is 2.02. The van der Waals surface area contributed by atoms with E-state index in [4.69, 9.17) is 5.11 Å². The van der Waals surface area contributed by atoms with Crippen LogP contribution >= 0.6 is 11.3 Å². The number of aromatic nitrogens is 3. The maximum absolute atomic E-state index is 8.89. The number of H-pyrrole nitrogens is 1. The summed E-state index contributed by atoms with van der Waals surface area (Å²) in [7, 11) is 0. The Morgan fingerprint density at radius 3 is 3.06 bits per heavy atom. The van der Waals surface area contributed by atoms with Gasteiger partial charge >= 0.3 is 0 Å². The summed E-state index contributed by atoms with van der Waals surface area (Å²) in [5, 5.41) is 11.9. The second-order valence-electron chi connectivity index (χ2n) is 4.17. The Morgan fingerprint density at radius 1 is 1.33 bits per heavy atom. The van der Waals surface area contributed by atoms with Crippen LogP contribution in [-0.4, -0.2) is 26.7 Å². The quantitative estimate of drug-likeness (QED) is 0.759. The van der Waals surface area contributed by atoms with Gasteiger partial charge in [-0.05, 0) is 25.1 Å². The number of aliphatic hydroxyl groups is 1. The van der Waals surface area contributed by atoms with Gasteiger partial charge in [-0.25, -0.2) is 9.97 Å². The fourth-order valence-corrected chi connectivity index (χ4v) is 2.79. The Hall–Kier alpha value is -1.72. The van der Waals surface area contributed by atoms with Crippen molar-refractivity contribution >= 4 is 22.4 Å². The summed E-state index contributed by atoms with van der Waals surface area (Å²) in [4.78, 5) is 12.1. The van der Waals surface area contributed by atoms with Crippen LogP contribution in [0.15, 0.2) is 23.6 Å². The third-order valence-electron chi connectivity index (χ3n) is 2.77. The van der Waals surface area contributed by atoms with Crippen LogP contribution in [-0.2, 0) is 6.42 Å². The maximum Gasteiger partial charge on any atom is 0.123 e. The number of rotatable bonds is 3. The number of fused-ring (bicyclic) bond motifs is 1. The molecule has 0 atom stereocenters. The van der Waals surface area contributed by atoms with E-state index in [1.165, 1.54) is 0 Å². The lowest BCUT2D eigenvalue weighted by Crippen LogP contribution is -1.90. The van der Waals surface area contributed by atoms with E-state index >= 15 is 0 Å². The highest BCUT2D eigenvalue weighted by Gasteiger charge is 2.07. The minimum absolute atomic E-state index is 0.141. The number of hydrogen-bond donors (Lipinski definition) is 2. The second-order valence-corrected chi connectivity index (χ2v) is 5.03. The Morgan fingerprint density at radius 2 is 2.22 bits per heavy atom. The molecule has 2 N–H and O–H groups in total. The van der Waals surface area contributed by atoms with Gasteiger partial charge < -0.3 is 10.1 Å². The van der Waals surface area contributed by atoms with E-state index in [1.807, 2.05) is 24.4 Å². The number of nitrogens with one attached hydrogen (secondary N) is 1. The molecule has 1 aromatic carbocycles. The molecule has 0 spiro atoms. The Labute approximate surface area is 108 Å². The molecule has 92 valence electrons. The average molecular weight is 259 g/mol.